The van der Waals surface area contributed by atoms with Crippen molar-refractivity contribution in [1.82, 2.24) is 0 Å². The Hall–Kier alpha value is 0.350. The number of quaternary nitrogens is 1. The van der Waals surface area contributed by atoms with Crippen molar-refractivity contribution < 1.29 is 38.3 Å². The molecule has 0 bridgehead atoms. The molecule has 1 spiro atoms. The van der Waals surface area contributed by atoms with Crippen molar-refractivity contribution in [1.29, 1.82) is 0 Å². The van der Waals surface area contributed by atoms with Gasteiger partial charge in [0.05, 0.1) is 19.8 Å². The smallest absolute Gasteiger partial charge is 0.140 e. The van der Waals surface area contributed by atoms with Gasteiger partial charge in [-0.3, -0.25) is 4.48 Å². The second-order valence-corrected chi connectivity index (χ2v) is 4.40. The van der Waals surface area contributed by atoms with Crippen molar-refractivity contribution in [3.8, 4) is 0 Å². The van der Waals surface area contributed by atoms with Gasteiger partial charge in [-0.1, -0.05) is 0 Å². The van der Waals surface area contributed by atoms with Crippen LogP contribution in [0.5, 0.6) is 0 Å². The van der Waals surface area contributed by atoms with E-state index in [9.17, 15) is 5.11 Å². The van der Waals surface area contributed by atoms with Gasteiger partial charge in [0.25, 0.3) is 0 Å². The Morgan fingerprint density at radius 3 is 2.36 bits per heavy atom. The number of morpholine rings is 1. The third-order valence-corrected chi connectivity index (χ3v) is 3.55. The average molecular weight is 311 g/mol. The predicted molar refractivity (Wildman–Crippen MR) is 50.1 cm³/mol. The molecule has 1 N–H and O–H groups in total. The molecule has 3 nitrogen and oxygen atoms in total. The molecular weight excluding hydrogens is 293 g/mol. The highest BCUT2D eigenvalue weighted by atomic mass is 127. The van der Waals surface area contributed by atoms with Crippen molar-refractivity contribution in [2.75, 3.05) is 32.8 Å². The minimum Gasteiger partial charge on any atom is -1.00 e. The van der Waals surface area contributed by atoms with Gasteiger partial charge in [-0.05, 0) is 13.5 Å². The summed E-state index contributed by atoms with van der Waals surface area (Å²) in [4.78, 5) is 0. The number of ether oxygens (including phenoxy) is 1. The van der Waals surface area contributed by atoms with Crippen molar-refractivity contribution >= 4 is 0 Å². The van der Waals surface area contributed by atoms with Gasteiger partial charge >= 0.3 is 0 Å². The zero-order valence-corrected chi connectivity index (χ0v) is 10.8. The summed E-state index contributed by atoms with van der Waals surface area (Å²) in [6, 6.07) is 0. The summed E-state index contributed by atoms with van der Waals surface area (Å²) in [5.41, 5.74) is 0.327. The standard InChI is InChI=1S/C10H18NO2.HI/c1-9-10(2,12)3-4-11(9)5-7-13-8-6-11;/h12H,1,3-8H2,2H3;1H/q+1;/p-1. The minimum atomic E-state index is -0.655. The van der Waals surface area contributed by atoms with Crippen LogP contribution in [-0.4, -0.2) is 48.0 Å². The van der Waals surface area contributed by atoms with E-state index >= 15 is 0 Å². The summed E-state index contributed by atoms with van der Waals surface area (Å²) in [6.45, 7) is 10.5. The maximum Gasteiger partial charge on any atom is 0.140 e. The van der Waals surface area contributed by atoms with E-state index < -0.39 is 5.60 Å². The summed E-state index contributed by atoms with van der Waals surface area (Å²) in [5.74, 6) is 0. The van der Waals surface area contributed by atoms with Crippen LogP contribution in [0.25, 0.3) is 0 Å². The minimum absolute atomic E-state index is 0. The molecule has 2 rings (SSSR count). The molecule has 2 aliphatic heterocycles. The average Bonchev–Trinajstić information content (AvgIpc) is 2.33. The lowest BCUT2D eigenvalue weighted by atomic mass is 10.0. The van der Waals surface area contributed by atoms with E-state index in [4.69, 9.17) is 4.74 Å². The van der Waals surface area contributed by atoms with Gasteiger partial charge in [0.2, 0.25) is 0 Å². The molecule has 2 fully saturated rings. The Labute approximate surface area is 102 Å². The second-order valence-electron chi connectivity index (χ2n) is 4.40. The fourth-order valence-electron chi connectivity index (χ4n) is 2.41. The Morgan fingerprint density at radius 1 is 1.36 bits per heavy atom. The van der Waals surface area contributed by atoms with Gasteiger partial charge in [0.15, 0.2) is 0 Å². The molecule has 0 aromatic heterocycles. The number of halogens is 1. The van der Waals surface area contributed by atoms with E-state index in [1.165, 1.54) is 0 Å². The largest absolute Gasteiger partial charge is 1.00 e. The van der Waals surface area contributed by atoms with E-state index in [0.717, 1.165) is 49.4 Å². The van der Waals surface area contributed by atoms with Crippen LogP contribution in [0, 0.1) is 0 Å². The Bertz CT molecular complexity index is 234. The molecule has 0 aromatic rings. The van der Waals surface area contributed by atoms with E-state index in [-0.39, 0.29) is 24.0 Å². The Morgan fingerprint density at radius 2 is 1.93 bits per heavy atom. The molecule has 82 valence electrons. The number of hydrogen-bond donors (Lipinski definition) is 1. The van der Waals surface area contributed by atoms with Gasteiger partial charge in [-0.2, -0.15) is 0 Å². The molecule has 0 aromatic carbocycles. The first-order valence-corrected chi connectivity index (χ1v) is 4.93. The summed E-state index contributed by atoms with van der Waals surface area (Å²) >= 11 is 0. The summed E-state index contributed by atoms with van der Waals surface area (Å²) in [7, 11) is 0. The van der Waals surface area contributed by atoms with Crippen LogP contribution in [-0.2, 0) is 4.74 Å². The van der Waals surface area contributed by atoms with E-state index in [0.29, 0.717) is 0 Å². The maximum absolute atomic E-state index is 10.0. The number of rotatable bonds is 0. The fraction of sp³-hybridized carbons (Fsp3) is 0.800. The molecule has 4 heteroatoms. The highest BCUT2D eigenvalue weighted by Crippen LogP contribution is 2.37. The lowest BCUT2D eigenvalue weighted by Crippen LogP contribution is -3.00. The first-order valence-electron chi connectivity index (χ1n) is 4.93. The van der Waals surface area contributed by atoms with Crippen LogP contribution >= 0.6 is 0 Å². The molecular formula is C10H18INO2. The maximum atomic E-state index is 10.0. The Kier molecular flexibility index (Phi) is 3.62. The molecule has 2 aliphatic rings. The normalized spacial score (nSPS) is 35.7. The quantitative estimate of drug-likeness (QED) is 0.396. The first-order chi connectivity index (χ1) is 6.07. The molecule has 1 atom stereocenters. The van der Waals surface area contributed by atoms with Crippen LogP contribution in [0.15, 0.2) is 12.3 Å². The van der Waals surface area contributed by atoms with E-state index in [1.807, 2.05) is 6.92 Å². The van der Waals surface area contributed by atoms with Gasteiger partial charge in [-0.25, -0.2) is 0 Å². The molecule has 2 saturated heterocycles. The van der Waals surface area contributed by atoms with Gasteiger partial charge in [-0.15, -0.1) is 0 Å². The van der Waals surface area contributed by atoms with Crippen molar-refractivity contribution in [3.63, 3.8) is 0 Å². The van der Waals surface area contributed by atoms with Crippen LogP contribution in [0.4, 0.5) is 0 Å². The lowest BCUT2D eigenvalue weighted by Gasteiger charge is -2.38. The summed E-state index contributed by atoms with van der Waals surface area (Å²) < 4.78 is 6.22. The van der Waals surface area contributed by atoms with Crippen molar-refractivity contribution in [2.45, 2.75) is 18.9 Å². The van der Waals surface area contributed by atoms with Crippen LogP contribution in [0.1, 0.15) is 13.3 Å². The highest BCUT2D eigenvalue weighted by Gasteiger charge is 2.49. The third-order valence-electron chi connectivity index (χ3n) is 3.55. The van der Waals surface area contributed by atoms with Crippen LogP contribution in [0.3, 0.4) is 0 Å². The second kappa shape index (κ2) is 4.08. The van der Waals surface area contributed by atoms with Crippen LogP contribution in [0.2, 0.25) is 0 Å². The van der Waals surface area contributed by atoms with E-state index in [1.54, 1.807) is 0 Å². The molecule has 1 unspecified atom stereocenters. The third kappa shape index (κ3) is 1.85. The van der Waals surface area contributed by atoms with Gasteiger partial charge in [0.1, 0.15) is 24.4 Å². The number of aliphatic hydroxyl groups is 1. The summed E-state index contributed by atoms with van der Waals surface area (Å²) in [5, 5.41) is 10.0. The number of hydrogen-bond acceptors (Lipinski definition) is 2. The van der Waals surface area contributed by atoms with Crippen LogP contribution < -0.4 is 24.0 Å². The molecule has 0 aliphatic carbocycles. The zero-order chi connectivity index (χ0) is 9.53. The SMILES string of the molecule is C=C1C(C)(O)CC[N+]12CCOCC2.[I-]. The molecule has 0 amide bonds. The van der Waals surface area contributed by atoms with Crippen molar-refractivity contribution in [2.24, 2.45) is 0 Å². The van der Waals surface area contributed by atoms with E-state index in [2.05, 4.69) is 6.58 Å². The fourth-order valence-corrected chi connectivity index (χ4v) is 2.41. The molecule has 2 heterocycles. The van der Waals surface area contributed by atoms with Crippen molar-refractivity contribution in [3.05, 3.63) is 12.3 Å². The summed E-state index contributed by atoms with van der Waals surface area (Å²) in [6.07, 6.45) is 0.839. The number of nitrogens with zero attached hydrogens (tertiary/aromatic N) is 1. The molecule has 14 heavy (non-hydrogen) atoms. The molecule has 0 saturated carbocycles. The predicted octanol–water partition coefficient (Wildman–Crippen LogP) is -2.49. The van der Waals surface area contributed by atoms with Gasteiger partial charge in [0, 0.05) is 6.42 Å². The lowest BCUT2D eigenvalue weighted by molar-refractivity contribution is -0.892. The molecule has 0 radical (unpaired) electrons. The van der Waals surface area contributed by atoms with Gasteiger partial charge < -0.3 is 33.8 Å². The topological polar surface area (TPSA) is 29.5 Å². The Balaban J connectivity index is 0.000000980. The first kappa shape index (κ1) is 12.4. The monoisotopic (exact) mass is 311 g/mol. The highest BCUT2D eigenvalue weighted by molar-refractivity contribution is 5.07. The zero-order valence-electron chi connectivity index (χ0n) is 8.63.